The van der Waals surface area contributed by atoms with Crippen molar-refractivity contribution in [3.8, 4) is 0 Å². The van der Waals surface area contributed by atoms with E-state index in [0.29, 0.717) is 0 Å². The number of aliphatic hydroxyl groups is 1. The molecule has 1 saturated heterocycles. The Bertz CT molecular complexity index is 242. The second-order valence-electron chi connectivity index (χ2n) is 6.49. The van der Waals surface area contributed by atoms with Crippen LogP contribution in [0.1, 0.15) is 39.0 Å². The first-order valence-corrected chi connectivity index (χ1v) is 7.69. The van der Waals surface area contributed by atoms with Crippen LogP contribution in [-0.2, 0) is 0 Å². The summed E-state index contributed by atoms with van der Waals surface area (Å²) in [6, 6.07) is 0.730. The van der Waals surface area contributed by atoms with Gasteiger partial charge in [-0.05, 0) is 66.8 Å². The second kappa shape index (κ2) is 8.20. The quantitative estimate of drug-likeness (QED) is 0.650. The van der Waals surface area contributed by atoms with Crippen molar-refractivity contribution in [2.24, 2.45) is 0 Å². The summed E-state index contributed by atoms with van der Waals surface area (Å²) in [5.74, 6) is 0. The van der Waals surface area contributed by atoms with Gasteiger partial charge in [-0.2, -0.15) is 0 Å². The third kappa shape index (κ3) is 5.78. The molecule has 0 saturated carbocycles. The number of unbranched alkanes of at least 4 members (excludes halogenated alkanes) is 1. The average molecular weight is 271 g/mol. The van der Waals surface area contributed by atoms with E-state index >= 15 is 0 Å². The predicted octanol–water partition coefficient (Wildman–Crippen LogP) is 1.15. The maximum atomic E-state index is 9.35. The molecular weight excluding hydrogens is 238 g/mol. The van der Waals surface area contributed by atoms with Crippen LogP contribution >= 0.6 is 0 Å². The van der Waals surface area contributed by atoms with E-state index in [9.17, 15) is 5.11 Å². The molecule has 0 aliphatic carbocycles. The average Bonchev–Trinajstić information content (AvgIpc) is 2.43. The monoisotopic (exact) mass is 271 g/mol. The van der Waals surface area contributed by atoms with Crippen molar-refractivity contribution < 1.29 is 5.11 Å². The number of likely N-dealkylation sites (N-methyl/N-ethyl adjacent to an activating group) is 2. The first-order chi connectivity index (χ1) is 9.00. The summed E-state index contributed by atoms with van der Waals surface area (Å²) in [4.78, 5) is 4.96. The number of aliphatic hydroxyl groups excluding tert-OH is 1. The Morgan fingerprint density at radius 2 is 2.11 bits per heavy atom. The normalized spacial score (nSPS) is 24.6. The summed E-state index contributed by atoms with van der Waals surface area (Å²) in [5.41, 5.74) is -0.103. The number of nitrogens with one attached hydrogen (secondary N) is 1. The number of hydrogen-bond acceptors (Lipinski definition) is 4. The van der Waals surface area contributed by atoms with E-state index in [1.165, 1.54) is 45.3 Å². The number of nitrogens with zero attached hydrogens (tertiary/aromatic N) is 2. The first kappa shape index (κ1) is 16.9. The van der Waals surface area contributed by atoms with Crippen molar-refractivity contribution in [2.45, 2.75) is 50.6 Å². The van der Waals surface area contributed by atoms with Gasteiger partial charge in [0.15, 0.2) is 0 Å². The highest BCUT2D eigenvalue weighted by atomic mass is 16.3. The van der Waals surface area contributed by atoms with Gasteiger partial charge in [0.25, 0.3) is 0 Å². The van der Waals surface area contributed by atoms with Crippen LogP contribution < -0.4 is 5.32 Å². The zero-order chi connectivity index (χ0) is 14.3. The number of piperidine rings is 1. The molecule has 0 amide bonds. The fraction of sp³-hybridized carbons (Fsp3) is 1.00. The summed E-state index contributed by atoms with van der Waals surface area (Å²) in [7, 11) is 6.31. The minimum Gasteiger partial charge on any atom is -0.394 e. The maximum Gasteiger partial charge on any atom is 0.0610 e. The largest absolute Gasteiger partial charge is 0.394 e. The van der Waals surface area contributed by atoms with Gasteiger partial charge in [-0.3, -0.25) is 0 Å². The topological polar surface area (TPSA) is 38.7 Å². The van der Waals surface area contributed by atoms with Crippen molar-refractivity contribution in [1.82, 2.24) is 15.1 Å². The second-order valence-corrected chi connectivity index (χ2v) is 6.49. The van der Waals surface area contributed by atoms with E-state index in [1.54, 1.807) is 0 Å². The van der Waals surface area contributed by atoms with Crippen LogP contribution in [0.3, 0.4) is 0 Å². The molecule has 1 aliphatic heterocycles. The summed E-state index contributed by atoms with van der Waals surface area (Å²) >= 11 is 0. The molecule has 114 valence electrons. The molecule has 4 nitrogen and oxygen atoms in total. The minimum atomic E-state index is -0.103. The maximum absolute atomic E-state index is 9.35. The third-order valence-electron chi connectivity index (χ3n) is 4.62. The molecular formula is C15H33N3O. The lowest BCUT2D eigenvalue weighted by atomic mass is 9.96. The molecule has 0 bridgehead atoms. The van der Waals surface area contributed by atoms with E-state index < -0.39 is 0 Å². The van der Waals surface area contributed by atoms with E-state index in [-0.39, 0.29) is 12.1 Å². The lowest BCUT2D eigenvalue weighted by Crippen LogP contribution is -2.45. The van der Waals surface area contributed by atoms with Gasteiger partial charge in [0.1, 0.15) is 0 Å². The molecule has 1 aliphatic rings. The zero-order valence-electron chi connectivity index (χ0n) is 13.3. The molecule has 2 unspecified atom stereocenters. The van der Waals surface area contributed by atoms with Crippen molar-refractivity contribution in [2.75, 3.05) is 47.4 Å². The summed E-state index contributed by atoms with van der Waals surface area (Å²) < 4.78 is 0. The van der Waals surface area contributed by atoms with Crippen LogP contribution in [0.5, 0.6) is 0 Å². The molecule has 4 heteroatoms. The van der Waals surface area contributed by atoms with Gasteiger partial charge >= 0.3 is 0 Å². The molecule has 2 atom stereocenters. The van der Waals surface area contributed by atoms with Crippen molar-refractivity contribution >= 4 is 0 Å². The standard InChI is InChI=1S/C15H33N3O/c1-15(13-19,16-2)9-5-6-10-18-11-7-8-14(12-18)17(3)4/h14,16,19H,5-13H2,1-4H3. The molecule has 0 aromatic heterocycles. The highest BCUT2D eigenvalue weighted by molar-refractivity contribution is 4.81. The predicted molar refractivity (Wildman–Crippen MR) is 81.6 cm³/mol. The molecule has 0 spiro atoms. The van der Waals surface area contributed by atoms with Crippen LogP contribution in [0, 0.1) is 0 Å². The first-order valence-electron chi connectivity index (χ1n) is 7.69. The Morgan fingerprint density at radius 1 is 1.37 bits per heavy atom. The van der Waals surface area contributed by atoms with E-state index in [0.717, 1.165) is 12.5 Å². The van der Waals surface area contributed by atoms with Crippen LogP contribution in [-0.4, -0.2) is 73.9 Å². The third-order valence-corrected chi connectivity index (χ3v) is 4.62. The molecule has 0 aromatic rings. The zero-order valence-corrected chi connectivity index (χ0v) is 13.3. The van der Waals surface area contributed by atoms with Crippen LogP contribution in [0.4, 0.5) is 0 Å². The molecule has 0 radical (unpaired) electrons. The lowest BCUT2D eigenvalue weighted by molar-refractivity contribution is 0.128. The van der Waals surface area contributed by atoms with Gasteiger partial charge in [0, 0.05) is 18.1 Å². The molecule has 19 heavy (non-hydrogen) atoms. The van der Waals surface area contributed by atoms with Gasteiger partial charge in [0.2, 0.25) is 0 Å². The Kier molecular flexibility index (Phi) is 7.29. The van der Waals surface area contributed by atoms with E-state index in [1.807, 2.05) is 7.05 Å². The Balaban J connectivity index is 2.19. The molecule has 0 aromatic carbocycles. The number of hydrogen-bond donors (Lipinski definition) is 2. The van der Waals surface area contributed by atoms with Gasteiger partial charge in [-0.1, -0.05) is 6.42 Å². The van der Waals surface area contributed by atoms with Crippen molar-refractivity contribution in [3.05, 3.63) is 0 Å². The molecule has 2 N–H and O–H groups in total. The van der Waals surface area contributed by atoms with Crippen molar-refractivity contribution in [1.29, 1.82) is 0 Å². The highest BCUT2D eigenvalue weighted by Gasteiger charge is 2.22. The van der Waals surface area contributed by atoms with E-state index in [4.69, 9.17) is 0 Å². The van der Waals surface area contributed by atoms with Gasteiger partial charge in [-0.15, -0.1) is 0 Å². The van der Waals surface area contributed by atoms with E-state index in [2.05, 4.69) is 36.1 Å². The SMILES string of the molecule is CNC(C)(CO)CCCCN1CCCC(N(C)C)C1. The van der Waals surface area contributed by atoms with Gasteiger partial charge in [-0.25, -0.2) is 0 Å². The number of likely N-dealkylation sites (tertiary alicyclic amines) is 1. The number of rotatable bonds is 8. The smallest absolute Gasteiger partial charge is 0.0610 e. The summed E-state index contributed by atoms with van der Waals surface area (Å²) in [6.07, 6.45) is 6.13. The Morgan fingerprint density at radius 3 is 2.68 bits per heavy atom. The fourth-order valence-electron chi connectivity index (χ4n) is 2.79. The fourth-order valence-corrected chi connectivity index (χ4v) is 2.79. The Hall–Kier alpha value is -0.160. The molecule has 1 rings (SSSR count). The van der Waals surface area contributed by atoms with Gasteiger partial charge in [0.05, 0.1) is 6.61 Å². The highest BCUT2D eigenvalue weighted by Crippen LogP contribution is 2.16. The summed E-state index contributed by atoms with van der Waals surface area (Å²) in [5, 5.41) is 12.6. The molecule has 1 fully saturated rings. The van der Waals surface area contributed by atoms with Crippen LogP contribution in [0.2, 0.25) is 0 Å². The minimum absolute atomic E-state index is 0.103. The van der Waals surface area contributed by atoms with Crippen LogP contribution in [0.15, 0.2) is 0 Å². The molecule has 1 heterocycles. The van der Waals surface area contributed by atoms with Crippen LogP contribution in [0.25, 0.3) is 0 Å². The Labute approximate surface area is 119 Å². The van der Waals surface area contributed by atoms with Crippen molar-refractivity contribution in [3.63, 3.8) is 0 Å². The summed E-state index contributed by atoms with van der Waals surface area (Å²) in [6.45, 7) is 5.99. The van der Waals surface area contributed by atoms with Gasteiger partial charge < -0.3 is 20.2 Å². The lowest BCUT2D eigenvalue weighted by Gasteiger charge is -2.36.